The molecule has 4 aliphatic rings. The molecule has 3 aromatic rings. The summed E-state index contributed by atoms with van der Waals surface area (Å²) < 4.78 is 29.1. The Morgan fingerprint density at radius 1 is 0.811 bits per heavy atom. The number of nitrogens with one attached hydrogen (secondary N) is 1. The van der Waals surface area contributed by atoms with Gasteiger partial charge in [-0.2, -0.15) is 0 Å². The second-order valence-electron chi connectivity index (χ2n) is 10.9. The average molecular weight is 627 g/mol. The largest absolute Gasteiger partial charge is 0.325 e. The van der Waals surface area contributed by atoms with Crippen LogP contribution in [0.5, 0.6) is 0 Å². The number of hydrogen-bond donors (Lipinski definition) is 1. The van der Waals surface area contributed by atoms with Crippen LogP contribution in [0.3, 0.4) is 0 Å². The molecule has 1 N–H and O–H groups in total. The molecule has 0 saturated heterocycles. The summed E-state index contributed by atoms with van der Waals surface area (Å²) in [5.74, 6) is 3.77. The maximum atomic E-state index is 13.5. The van der Waals surface area contributed by atoms with Crippen molar-refractivity contribution in [3.05, 3.63) is 88.0 Å². The van der Waals surface area contributed by atoms with Crippen molar-refractivity contribution >= 4 is 49.9 Å². The van der Waals surface area contributed by atoms with Gasteiger partial charge in [-0.3, -0.25) is 9.10 Å². The highest BCUT2D eigenvalue weighted by molar-refractivity contribution is 14.1. The SMILES string of the molecule is O=C(CN(c1ccc(I)cc1)S(=O)(=O)c1ccccc1)Nc1ccc(C2C3CC4CC(C3)CC2C4)cc1. The van der Waals surface area contributed by atoms with E-state index in [2.05, 4.69) is 40.0 Å². The quantitative estimate of drug-likeness (QED) is 0.298. The van der Waals surface area contributed by atoms with Crippen molar-refractivity contribution in [3.8, 4) is 0 Å². The lowest BCUT2D eigenvalue weighted by atomic mass is 9.51. The van der Waals surface area contributed by atoms with E-state index in [0.717, 1.165) is 27.2 Å². The topological polar surface area (TPSA) is 66.5 Å². The summed E-state index contributed by atoms with van der Waals surface area (Å²) in [5.41, 5.74) is 2.54. The van der Waals surface area contributed by atoms with Crippen LogP contribution in [-0.2, 0) is 14.8 Å². The van der Waals surface area contributed by atoms with Gasteiger partial charge >= 0.3 is 0 Å². The second-order valence-corrected chi connectivity index (χ2v) is 14.0. The van der Waals surface area contributed by atoms with Gasteiger partial charge in [0.25, 0.3) is 10.0 Å². The Bertz CT molecular complexity index is 1350. The summed E-state index contributed by atoms with van der Waals surface area (Å²) >= 11 is 2.18. The lowest BCUT2D eigenvalue weighted by Gasteiger charge is -2.54. The van der Waals surface area contributed by atoms with Gasteiger partial charge in [0.05, 0.1) is 10.6 Å². The van der Waals surface area contributed by atoms with E-state index in [4.69, 9.17) is 0 Å². The maximum absolute atomic E-state index is 13.5. The lowest BCUT2D eigenvalue weighted by Crippen LogP contribution is -2.43. The fourth-order valence-electron chi connectivity index (χ4n) is 7.23. The first kappa shape index (κ1) is 24.9. The van der Waals surface area contributed by atoms with Crippen molar-refractivity contribution in [2.75, 3.05) is 16.2 Å². The predicted octanol–water partition coefficient (Wildman–Crippen LogP) is 6.66. The molecule has 4 fully saturated rings. The van der Waals surface area contributed by atoms with Gasteiger partial charge in [-0.1, -0.05) is 30.3 Å². The summed E-state index contributed by atoms with van der Waals surface area (Å²) in [6, 6.07) is 23.7. The Balaban J connectivity index is 1.18. The Morgan fingerprint density at radius 2 is 1.41 bits per heavy atom. The molecule has 192 valence electrons. The Kier molecular flexibility index (Phi) is 6.77. The van der Waals surface area contributed by atoms with Gasteiger partial charge in [0.15, 0.2) is 0 Å². The zero-order valence-corrected chi connectivity index (χ0v) is 23.6. The molecule has 5 nitrogen and oxygen atoms in total. The fraction of sp³-hybridized carbons (Fsp3) is 0.367. The van der Waals surface area contributed by atoms with E-state index in [1.54, 1.807) is 42.5 Å². The van der Waals surface area contributed by atoms with Crippen LogP contribution in [0.2, 0.25) is 0 Å². The van der Waals surface area contributed by atoms with Crippen LogP contribution >= 0.6 is 22.6 Å². The number of carbonyl (C=O) groups excluding carboxylic acids is 1. The molecule has 3 aromatic carbocycles. The van der Waals surface area contributed by atoms with Crippen molar-refractivity contribution in [3.63, 3.8) is 0 Å². The van der Waals surface area contributed by atoms with Crippen LogP contribution in [-0.4, -0.2) is 20.9 Å². The first-order valence-corrected chi connectivity index (χ1v) is 15.6. The number of nitrogens with zero attached hydrogens (tertiary/aromatic N) is 1. The van der Waals surface area contributed by atoms with E-state index < -0.39 is 10.0 Å². The van der Waals surface area contributed by atoms with E-state index in [9.17, 15) is 13.2 Å². The maximum Gasteiger partial charge on any atom is 0.264 e. The smallest absolute Gasteiger partial charge is 0.264 e. The molecule has 4 bridgehead atoms. The normalized spacial score (nSPS) is 26.1. The van der Waals surface area contributed by atoms with E-state index in [1.807, 2.05) is 24.3 Å². The van der Waals surface area contributed by atoms with Gasteiger partial charge < -0.3 is 5.32 Å². The van der Waals surface area contributed by atoms with Crippen LogP contribution in [0.15, 0.2) is 83.8 Å². The highest BCUT2D eigenvalue weighted by Crippen LogP contribution is 2.59. The minimum atomic E-state index is -3.92. The van der Waals surface area contributed by atoms with Gasteiger partial charge in [0.1, 0.15) is 6.54 Å². The summed E-state index contributed by atoms with van der Waals surface area (Å²) in [4.78, 5) is 13.3. The van der Waals surface area contributed by atoms with E-state index in [-0.39, 0.29) is 17.3 Å². The van der Waals surface area contributed by atoms with Crippen molar-refractivity contribution < 1.29 is 13.2 Å². The highest BCUT2D eigenvalue weighted by atomic mass is 127. The van der Waals surface area contributed by atoms with E-state index in [0.29, 0.717) is 17.3 Å². The van der Waals surface area contributed by atoms with Crippen molar-refractivity contribution in [1.29, 1.82) is 0 Å². The summed E-state index contributed by atoms with van der Waals surface area (Å²) in [6.07, 6.45) is 6.95. The molecule has 0 heterocycles. The van der Waals surface area contributed by atoms with Crippen molar-refractivity contribution in [2.24, 2.45) is 23.7 Å². The van der Waals surface area contributed by atoms with Crippen molar-refractivity contribution in [1.82, 2.24) is 0 Å². The Labute approximate surface area is 232 Å². The Morgan fingerprint density at radius 3 is 2.00 bits per heavy atom. The minimum absolute atomic E-state index is 0.154. The molecule has 7 heteroatoms. The Hall–Kier alpha value is -2.39. The first-order chi connectivity index (χ1) is 17.9. The van der Waals surface area contributed by atoms with Gasteiger partial charge in [0.2, 0.25) is 5.91 Å². The number of rotatable bonds is 7. The minimum Gasteiger partial charge on any atom is -0.325 e. The molecular formula is C30H31IN2O3S. The zero-order valence-electron chi connectivity index (χ0n) is 20.6. The van der Waals surface area contributed by atoms with Crippen LogP contribution in [0.4, 0.5) is 11.4 Å². The van der Waals surface area contributed by atoms with Crippen LogP contribution in [0.1, 0.15) is 43.6 Å². The number of amides is 1. The fourth-order valence-corrected chi connectivity index (χ4v) is 9.03. The molecule has 0 unspecified atom stereocenters. The first-order valence-electron chi connectivity index (χ1n) is 13.1. The molecule has 0 spiro atoms. The number of halogens is 1. The summed E-state index contributed by atoms with van der Waals surface area (Å²) in [6.45, 7) is -0.310. The highest BCUT2D eigenvalue weighted by Gasteiger charge is 2.48. The molecule has 0 radical (unpaired) electrons. The van der Waals surface area contributed by atoms with Crippen LogP contribution < -0.4 is 9.62 Å². The summed E-state index contributed by atoms with van der Waals surface area (Å²) in [5, 5.41) is 2.93. The van der Waals surface area contributed by atoms with E-state index in [1.165, 1.54) is 42.0 Å². The third kappa shape index (κ3) is 5.04. The molecule has 0 aromatic heterocycles. The van der Waals surface area contributed by atoms with Gasteiger partial charge in [-0.15, -0.1) is 0 Å². The third-order valence-corrected chi connectivity index (χ3v) is 11.0. The third-order valence-electron chi connectivity index (χ3n) is 8.54. The van der Waals surface area contributed by atoms with Gasteiger partial charge in [0, 0.05) is 9.26 Å². The zero-order chi connectivity index (χ0) is 25.6. The molecule has 7 rings (SSSR count). The average Bonchev–Trinajstić information content (AvgIpc) is 2.89. The van der Waals surface area contributed by atoms with Crippen LogP contribution in [0, 0.1) is 27.2 Å². The molecule has 0 aliphatic heterocycles. The number of anilines is 2. The second kappa shape index (κ2) is 10.1. The number of benzene rings is 3. The number of sulfonamides is 1. The van der Waals surface area contributed by atoms with Gasteiger partial charge in [-0.05, 0) is 138 Å². The lowest BCUT2D eigenvalue weighted by molar-refractivity contribution is -0.114. The number of carbonyl (C=O) groups is 1. The predicted molar refractivity (Wildman–Crippen MR) is 155 cm³/mol. The molecule has 37 heavy (non-hydrogen) atoms. The molecule has 4 saturated carbocycles. The number of hydrogen-bond acceptors (Lipinski definition) is 3. The molecule has 0 atom stereocenters. The molecule has 1 amide bonds. The van der Waals surface area contributed by atoms with E-state index >= 15 is 0 Å². The van der Waals surface area contributed by atoms with Crippen molar-refractivity contribution in [2.45, 2.75) is 42.9 Å². The van der Waals surface area contributed by atoms with Gasteiger partial charge in [-0.25, -0.2) is 8.42 Å². The summed E-state index contributed by atoms with van der Waals surface area (Å²) in [7, 11) is -3.92. The molecule has 4 aliphatic carbocycles. The monoisotopic (exact) mass is 626 g/mol. The van der Waals surface area contributed by atoms with Crippen LogP contribution in [0.25, 0.3) is 0 Å². The molecular weight excluding hydrogens is 595 g/mol. The standard InChI is InChI=1S/C30H31IN2O3S/c31-25-8-12-27(13-9-25)33(37(35,36)28-4-2-1-3-5-28)19-29(34)32-26-10-6-22(7-11-26)30-23-15-20-14-21(17-23)18-24(30)16-20/h1-13,20-21,23-24,30H,14-19H2,(H,32,34).